The van der Waals surface area contributed by atoms with Gasteiger partial charge < -0.3 is 19.3 Å². The number of benzene rings is 3. The van der Waals surface area contributed by atoms with E-state index in [9.17, 15) is 9.59 Å². The smallest absolute Gasteiger partial charge is 0.257 e. The largest absolute Gasteiger partial charge is 0.493 e. The van der Waals surface area contributed by atoms with E-state index in [2.05, 4.69) is 9.97 Å². The third kappa shape index (κ3) is 6.78. The second-order valence-electron chi connectivity index (χ2n) is 9.19. The fourth-order valence-electron chi connectivity index (χ4n) is 4.18. The lowest BCUT2D eigenvalue weighted by molar-refractivity contribution is 0.0781. The Hall–Kier alpha value is -4.72. The molecule has 4 rings (SSSR count). The van der Waals surface area contributed by atoms with Gasteiger partial charge in [0.15, 0.2) is 17.3 Å². The van der Waals surface area contributed by atoms with E-state index >= 15 is 0 Å². The van der Waals surface area contributed by atoms with Crippen LogP contribution in [0.2, 0.25) is 0 Å². The van der Waals surface area contributed by atoms with E-state index in [1.165, 1.54) is 12.4 Å². The first-order valence-electron chi connectivity index (χ1n) is 12.6. The van der Waals surface area contributed by atoms with Crippen LogP contribution in [0, 0.1) is 0 Å². The monoisotopic (exact) mass is 524 g/mol. The summed E-state index contributed by atoms with van der Waals surface area (Å²) >= 11 is 0. The maximum absolute atomic E-state index is 13.1. The molecule has 8 heteroatoms. The van der Waals surface area contributed by atoms with Gasteiger partial charge in [-0.15, -0.1) is 0 Å². The summed E-state index contributed by atoms with van der Waals surface area (Å²) in [5.41, 5.74) is 3.72. The number of aromatic nitrogens is 2. The lowest BCUT2D eigenvalue weighted by Crippen LogP contribution is -2.28. The summed E-state index contributed by atoms with van der Waals surface area (Å²) in [6, 6.07) is 22.7. The highest BCUT2D eigenvalue weighted by Crippen LogP contribution is 2.28. The lowest BCUT2D eigenvalue weighted by atomic mass is 10.1. The number of rotatable bonds is 10. The Bertz CT molecular complexity index is 1420. The van der Waals surface area contributed by atoms with Crippen LogP contribution in [0.15, 0.2) is 85.2 Å². The Kier molecular flexibility index (Phi) is 8.89. The van der Waals surface area contributed by atoms with Gasteiger partial charge in [0.25, 0.3) is 11.8 Å². The van der Waals surface area contributed by atoms with Crippen LogP contribution >= 0.6 is 0 Å². The van der Waals surface area contributed by atoms with Crippen LogP contribution in [0.25, 0.3) is 11.4 Å². The van der Waals surface area contributed by atoms with Crippen molar-refractivity contribution in [1.82, 2.24) is 19.8 Å². The van der Waals surface area contributed by atoms with Crippen molar-refractivity contribution < 1.29 is 19.1 Å². The number of likely N-dealkylation sites (N-methyl/N-ethyl adjacent to an activating group) is 1. The van der Waals surface area contributed by atoms with E-state index in [4.69, 9.17) is 9.47 Å². The van der Waals surface area contributed by atoms with Crippen LogP contribution in [-0.4, -0.2) is 66.4 Å². The zero-order valence-corrected chi connectivity index (χ0v) is 22.6. The van der Waals surface area contributed by atoms with E-state index in [-0.39, 0.29) is 11.8 Å². The summed E-state index contributed by atoms with van der Waals surface area (Å²) in [5.74, 6) is 1.51. The summed E-state index contributed by atoms with van der Waals surface area (Å²) < 4.78 is 10.7. The summed E-state index contributed by atoms with van der Waals surface area (Å²) in [7, 11) is 6.73. The Morgan fingerprint density at radius 3 is 2.10 bits per heavy atom. The second kappa shape index (κ2) is 12.7. The number of methoxy groups -OCH3 is 2. The van der Waals surface area contributed by atoms with Crippen molar-refractivity contribution >= 4 is 11.8 Å². The molecule has 8 nitrogen and oxygen atoms in total. The zero-order chi connectivity index (χ0) is 27.8. The van der Waals surface area contributed by atoms with Gasteiger partial charge >= 0.3 is 0 Å². The molecule has 1 aromatic heterocycles. The van der Waals surface area contributed by atoms with Crippen LogP contribution in [0.5, 0.6) is 11.5 Å². The first-order valence-corrected chi connectivity index (χ1v) is 12.6. The van der Waals surface area contributed by atoms with Crippen LogP contribution in [0.3, 0.4) is 0 Å². The molecule has 3 aromatic carbocycles. The third-order valence-corrected chi connectivity index (χ3v) is 6.41. The molecule has 0 aliphatic rings. The number of hydrogen-bond acceptors (Lipinski definition) is 6. The molecule has 0 saturated heterocycles. The molecule has 0 aliphatic carbocycles. The van der Waals surface area contributed by atoms with Crippen LogP contribution in [0.4, 0.5) is 0 Å². The Morgan fingerprint density at radius 2 is 1.41 bits per heavy atom. The van der Waals surface area contributed by atoms with Crippen molar-refractivity contribution in [3.8, 4) is 22.9 Å². The van der Waals surface area contributed by atoms with Crippen molar-refractivity contribution in [2.24, 2.45) is 0 Å². The van der Waals surface area contributed by atoms with Gasteiger partial charge in [-0.05, 0) is 41.8 Å². The van der Waals surface area contributed by atoms with Crippen molar-refractivity contribution in [2.45, 2.75) is 13.0 Å². The zero-order valence-electron chi connectivity index (χ0n) is 22.6. The van der Waals surface area contributed by atoms with Crippen LogP contribution in [0.1, 0.15) is 31.8 Å². The van der Waals surface area contributed by atoms with Crippen molar-refractivity contribution in [3.63, 3.8) is 0 Å². The SMILES string of the molecule is COc1ccc(CCN(C)C(=O)c2cccc(-c3ncc(C(=O)N(C)Cc4ccccc4)cn3)c2)cc1OC. The molecule has 1 heterocycles. The third-order valence-electron chi connectivity index (χ3n) is 6.41. The second-order valence-corrected chi connectivity index (χ2v) is 9.19. The normalized spacial score (nSPS) is 10.6. The predicted molar refractivity (Wildman–Crippen MR) is 150 cm³/mol. The minimum absolute atomic E-state index is 0.105. The fourth-order valence-corrected chi connectivity index (χ4v) is 4.18. The molecule has 0 saturated carbocycles. The summed E-state index contributed by atoms with van der Waals surface area (Å²) in [6.07, 6.45) is 3.71. The van der Waals surface area contributed by atoms with Gasteiger partial charge in [0.05, 0.1) is 19.8 Å². The molecule has 0 spiro atoms. The first kappa shape index (κ1) is 27.3. The molecule has 0 unspecified atom stereocenters. The van der Waals surface area contributed by atoms with Gasteiger partial charge in [0.2, 0.25) is 0 Å². The average Bonchev–Trinajstić information content (AvgIpc) is 2.99. The molecular weight excluding hydrogens is 492 g/mol. The van der Waals surface area contributed by atoms with Gasteiger partial charge in [-0.2, -0.15) is 0 Å². The van der Waals surface area contributed by atoms with E-state index in [1.54, 1.807) is 56.3 Å². The first-order chi connectivity index (χ1) is 18.9. The van der Waals surface area contributed by atoms with Crippen molar-refractivity contribution in [2.75, 3.05) is 34.9 Å². The molecule has 200 valence electrons. The predicted octanol–water partition coefficient (Wildman–Crippen LogP) is 4.75. The van der Waals surface area contributed by atoms with Gasteiger partial charge in [-0.1, -0.05) is 48.5 Å². The van der Waals surface area contributed by atoms with Crippen LogP contribution < -0.4 is 9.47 Å². The number of ether oxygens (including phenoxy) is 2. The average molecular weight is 525 g/mol. The van der Waals surface area contributed by atoms with E-state index in [0.717, 1.165) is 11.1 Å². The molecule has 2 amide bonds. The number of carbonyl (C=O) groups is 2. The molecule has 0 radical (unpaired) electrons. The standard InChI is InChI=1S/C31H32N4O4/c1-34(16-15-22-13-14-27(38-3)28(17-22)39-4)30(36)25-12-8-11-24(18-25)29-32-19-26(20-33-29)31(37)35(2)21-23-9-6-5-7-10-23/h5-14,17-20H,15-16,21H2,1-4H3. The Labute approximate surface area is 228 Å². The highest BCUT2D eigenvalue weighted by molar-refractivity contribution is 5.95. The topological polar surface area (TPSA) is 84.9 Å². The quantitative estimate of drug-likeness (QED) is 0.298. The maximum Gasteiger partial charge on any atom is 0.257 e. The minimum Gasteiger partial charge on any atom is -0.493 e. The molecule has 0 fully saturated rings. The van der Waals surface area contributed by atoms with E-state index < -0.39 is 0 Å². The molecule has 0 bridgehead atoms. The van der Waals surface area contributed by atoms with Gasteiger partial charge in [0, 0.05) is 50.7 Å². The molecule has 0 aliphatic heterocycles. The van der Waals surface area contributed by atoms with Crippen molar-refractivity contribution in [1.29, 1.82) is 0 Å². The maximum atomic E-state index is 13.1. The molecule has 0 atom stereocenters. The lowest BCUT2D eigenvalue weighted by Gasteiger charge is -2.18. The van der Waals surface area contributed by atoms with Crippen molar-refractivity contribution in [3.05, 3.63) is 107 Å². The van der Waals surface area contributed by atoms with E-state index in [0.29, 0.717) is 53.5 Å². The molecule has 4 aromatic rings. The highest BCUT2D eigenvalue weighted by Gasteiger charge is 2.16. The summed E-state index contributed by atoms with van der Waals surface area (Å²) in [5, 5.41) is 0. The number of carbonyl (C=O) groups excluding carboxylic acids is 2. The molecular formula is C31H32N4O4. The number of amides is 2. The van der Waals surface area contributed by atoms with Crippen LogP contribution in [-0.2, 0) is 13.0 Å². The van der Waals surface area contributed by atoms with E-state index in [1.807, 2.05) is 54.6 Å². The Balaban J connectivity index is 1.40. The Morgan fingerprint density at radius 1 is 0.718 bits per heavy atom. The molecule has 39 heavy (non-hydrogen) atoms. The minimum atomic E-state index is -0.162. The van der Waals surface area contributed by atoms with Gasteiger partial charge in [-0.25, -0.2) is 9.97 Å². The fraction of sp³-hybridized carbons (Fsp3) is 0.226. The summed E-state index contributed by atoms with van der Waals surface area (Å²) in [6.45, 7) is 1.02. The number of nitrogens with zero attached hydrogens (tertiary/aromatic N) is 4. The van der Waals surface area contributed by atoms with Gasteiger partial charge in [-0.3, -0.25) is 9.59 Å². The number of hydrogen-bond donors (Lipinski definition) is 0. The molecule has 0 N–H and O–H groups in total. The summed E-state index contributed by atoms with van der Waals surface area (Å²) in [4.78, 5) is 38.1. The highest BCUT2D eigenvalue weighted by atomic mass is 16.5. The van der Waals surface area contributed by atoms with Gasteiger partial charge in [0.1, 0.15) is 0 Å².